The van der Waals surface area contributed by atoms with Gasteiger partial charge in [-0.15, -0.1) is 0 Å². The van der Waals surface area contributed by atoms with Crippen LogP contribution in [-0.4, -0.2) is 54.6 Å². The lowest BCUT2D eigenvalue weighted by Gasteiger charge is -2.29. The molecule has 1 heterocycles. The second kappa shape index (κ2) is 11.7. The van der Waals surface area contributed by atoms with Gasteiger partial charge in [0.2, 0.25) is 0 Å². The fourth-order valence-corrected chi connectivity index (χ4v) is 4.85. The summed E-state index contributed by atoms with van der Waals surface area (Å²) >= 11 is 0. The molecule has 1 fully saturated rings. The molecule has 3 rings (SSSR count). The summed E-state index contributed by atoms with van der Waals surface area (Å²) in [6, 6.07) is 18.9. The highest BCUT2D eigenvalue weighted by Crippen LogP contribution is 2.20. The van der Waals surface area contributed by atoms with Crippen LogP contribution >= 0.6 is 0 Å². The molecule has 1 saturated heterocycles. The van der Waals surface area contributed by atoms with Gasteiger partial charge in [0.05, 0.1) is 0 Å². The van der Waals surface area contributed by atoms with Crippen LogP contribution in [0.1, 0.15) is 30.4 Å². The highest BCUT2D eigenvalue weighted by atomic mass is 32.2. The van der Waals surface area contributed by atoms with Crippen molar-refractivity contribution in [1.29, 1.82) is 0 Å². The van der Waals surface area contributed by atoms with Crippen LogP contribution in [0.5, 0.6) is 0 Å². The lowest BCUT2D eigenvalue weighted by atomic mass is 10.1. The van der Waals surface area contributed by atoms with Crippen molar-refractivity contribution in [3.8, 4) is 0 Å². The number of benzene rings is 2. The number of rotatable bonds is 8. The summed E-state index contributed by atoms with van der Waals surface area (Å²) < 4.78 is 12.3. The van der Waals surface area contributed by atoms with Crippen LogP contribution in [0.2, 0.25) is 0 Å². The van der Waals surface area contributed by atoms with Crippen molar-refractivity contribution >= 4 is 22.4 Å². The Morgan fingerprint density at radius 1 is 1.03 bits per heavy atom. The van der Waals surface area contributed by atoms with Gasteiger partial charge in [0, 0.05) is 68.3 Å². The number of piperidine rings is 1. The third-order valence-electron chi connectivity index (χ3n) is 5.43. The first-order chi connectivity index (χ1) is 14.7. The van der Waals surface area contributed by atoms with E-state index in [1.165, 1.54) is 43.6 Å². The van der Waals surface area contributed by atoms with Gasteiger partial charge in [-0.2, -0.15) is 0 Å². The Kier molecular flexibility index (Phi) is 8.75. The fraction of sp³-hybridized carbons (Fsp3) is 0.458. The topological polar surface area (TPSA) is 47.9 Å². The van der Waals surface area contributed by atoms with E-state index in [4.69, 9.17) is 0 Å². The van der Waals surface area contributed by atoms with Gasteiger partial charge < -0.3 is 15.1 Å². The van der Waals surface area contributed by atoms with Crippen molar-refractivity contribution in [3.05, 3.63) is 65.7 Å². The van der Waals surface area contributed by atoms with Crippen molar-refractivity contribution in [2.24, 2.45) is 4.99 Å². The number of hydrogen-bond donors (Lipinski definition) is 1. The number of hydrogen-bond acceptors (Lipinski definition) is 3. The van der Waals surface area contributed by atoms with E-state index in [1.54, 1.807) is 7.05 Å². The van der Waals surface area contributed by atoms with Gasteiger partial charge in [-0.05, 0) is 42.5 Å². The number of anilines is 1. The third-order valence-corrected chi connectivity index (χ3v) is 6.75. The molecule has 1 N–H and O–H groups in total. The van der Waals surface area contributed by atoms with Crippen molar-refractivity contribution in [1.82, 2.24) is 10.2 Å². The Bertz CT molecular complexity index is 817. The highest BCUT2D eigenvalue weighted by Gasteiger charge is 2.12. The molecular weight excluding hydrogens is 392 g/mol. The quantitative estimate of drug-likeness (QED) is 0.517. The van der Waals surface area contributed by atoms with Crippen LogP contribution in [0, 0.1) is 0 Å². The number of guanidine groups is 1. The SMILES string of the molecule is CN=C(NCCS(=O)Cc1ccccc1)N(C)Cc1ccc(N2CCCCC2)cc1. The van der Waals surface area contributed by atoms with Crippen molar-refractivity contribution in [3.63, 3.8) is 0 Å². The lowest BCUT2D eigenvalue weighted by Crippen LogP contribution is -2.40. The predicted molar refractivity (Wildman–Crippen MR) is 128 cm³/mol. The standard InChI is InChI=1S/C24H34N4OS/c1-25-24(26-15-18-30(29)20-22-9-5-3-6-10-22)27(2)19-21-11-13-23(14-12-21)28-16-7-4-8-17-28/h3,5-6,9-14H,4,7-8,15-20H2,1-2H3,(H,25,26). The Hall–Kier alpha value is -2.34. The van der Waals surface area contributed by atoms with Crippen molar-refractivity contribution in [2.45, 2.75) is 31.6 Å². The normalized spacial score (nSPS) is 15.7. The highest BCUT2D eigenvalue weighted by molar-refractivity contribution is 7.84. The van der Waals surface area contributed by atoms with Crippen molar-refractivity contribution in [2.75, 3.05) is 44.4 Å². The molecule has 1 aliphatic rings. The average molecular weight is 427 g/mol. The molecule has 0 saturated carbocycles. The van der Waals surface area contributed by atoms with Crippen molar-refractivity contribution < 1.29 is 4.21 Å². The first-order valence-corrected chi connectivity index (χ1v) is 12.3. The molecule has 0 amide bonds. The summed E-state index contributed by atoms with van der Waals surface area (Å²) in [5.74, 6) is 2.03. The van der Waals surface area contributed by atoms with E-state index in [9.17, 15) is 4.21 Å². The van der Waals surface area contributed by atoms with Crippen LogP contribution in [0.3, 0.4) is 0 Å². The third kappa shape index (κ3) is 6.87. The van der Waals surface area contributed by atoms with Crippen LogP contribution in [0.4, 0.5) is 5.69 Å². The molecule has 5 nitrogen and oxygen atoms in total. The zero-order valence-electron chi connectivity index (χ0n) is 18.2. The molecule has 0 radical (unpaired) electrons. The minimum Gasteiger partial charge on any atom is -0.372 e. The van der Waals surface area contributed by atoms with Gasteiger partial charge in [-0.3, -0.25) is 9.20 Å². The maximum Gasteiger partial charge on any atom is 0.193 e. The van der Waals surface area contributed by atoms with Gasteiger partial charge in [0.1, 0.15) is 0 Å². The average Bonchev–Trinajstić information content (AvgIpc) is 2.78. The summed E-state index contributed by atoms with van der Waals surface area (Å²) in [6.07, 6.45) is 3.94. The second-order valence-electron chi connectivity index (χ2n) is 7.82. The zero-order valence-corrected chi connectivity index (χ0v) is 19.0. The van der Waals surface area contributed by atoms with E-state index in [0.29, 0.717) is 18.1 Å². The van der Waals surface area contributed by atoms with Crippen LogP contribution in [0.15, 0.2) is 59.6 Å². The maximum absolute atomic E-state index is 12.3. The minimum atomic E-state index is -0.887. The Balaban J connectivity index is 1.44. The molecule has 0 aliphatic carbocycles. The second-order valence-corrected chi connectivity index (χ2v) is 9.39. The Labute approximate surface area is 183 Å². The minimum absolute atomic E-state index is 0.598. The number of nitrogens with one attached hydrogen (secondary N) is 1. The summed E-state index contributed by atoms with van der Waals surface area (Å²) in [4.78, 5) is 8.97. The maximum atomic E-state index is 12.3. The van der Waals surface area contributed by atoms with E-state index in [1.807, 2.05) is 37.4 Å². The zero-order chi connectivity index (χ0) is 21.2. The summed E-state index contributed by atoms with van der Waals surface area (Å²) in [5.41, 5.74) is 3.70. The Morgan fingerprint density at radius 3 is 2.40 bits per heavy atom. The van der Waals surface area contributed by atoms with Gasteiger partial charge >= 0.3 is 0 Å². The molecule has 1 atom stereocenters. The molecule has 0 bridgehead atoms. The molecule has 0 spiro atoms. The van der Waals surface area contributed by atoms with E-state index < -0.39 is 10.8 Å². The summed E-state index contributed by atoms with van der Waals surface area (Å²) in [6.45, 7) is 3.76. The van der Waals surface area contributed by atoms with Gasteiger partial charge in [-0.1, -0.05) is 42.5 Å². The molecular formula is C24H34N4OS. The van der Waals surface area contributed by atoms with Crippen LogP contribution in [-0.2, 0) is 23.1 Å². The first-order valence-electron chi connectivity index (χ1n) is 10.8. The monoisotopic (exact) mass is 426 g/mol. The molecule has 6 heteroatoms. The van der Waals surface area contributed by atoms with E-state index >= 15 is 0 Å². The smallest absolute Gasteiger partial charge is 0.193 e. The van der Waals surface area contributed by atoms with Crippen LogP contribution in [0.25, 0.3) is 0 Å². The molecule has 1 aliphatic heterocycles. The summed E-state index contributed by atoms with van der Waals surface area (Å²) in [5, 5.41) is 3.34. The van der Waals surface area contributed by atoms with Gasteiger partial charge in [-0.25, -0.2) is 0 Å². The molecule has 2 aromatic rings. The largest absolute Gasteiger partial charge is 0.372 e. The van der Waals surface area contributed by atoms with Crippen LogP contribution < -0.4 is 10.2 Å². The Morgan fingerprint density at radius 2 is 1.73 bits per heavy atom. The van der Waals surface area contributed by atoms with E-state index in [0.717, 1.165) is 18.1 Å². The fourth-order valence-electron chi connectivity index (χ4n) is 3.81. The van der Waals surface area contributed by atoms with E-state index in [-0.39, 0.29) is 0 Å². The lowest BCUT2D eigenvalue weighted by molar-refractivity contribution is 0.479. The molecule has 0 aromatic heterocycles. The molecule has 2 aromatic carbocycles. The van der Waals surface area contributed by atoms with Gasteiger partial charge in [0.25, 0.3) is 0 Å². The van der Waals surface area contributed by atoms with E-state index in [2.05, 4.69) is 44.4 Å². The number of nitrogens with zero attached hydrogens (tertiary/aromatic N) is 3. The predicted octanol–water partition coefficient (Wildman–Crippen LogP) is 3.63. The first kappa shape index (κ1) is 22.3. The molecule has 1 unspecified atom stereocenters. The molecule has 30 heavy (non-hydrogen) atoms. The number of aliphatic imine (C=N–C) groups is 1. The van der Waals surface area contributed by atoms with Gasteiger partial charge in [0.15, 0.2) is 5.96 Å². The summed E-state index contributed by atoms with van der Waals surface area (Å²) in [7, 11) is 2.94. The molecule has 162 valence electrons.